The standard InChI is InChI=1S/C22H29BrClNO3.ClH/c1-3-4-11-27-12-5-10-25-15-18-13-20(23)22(21(14-18)26-2)28-16-17-6-8-19(24)9-7-17;/h6-9,13-14,25H,3-5,10-12,15-16H2,1-2H3;1H. The summed E-state index contributed by atoms with van der Waals surface area (Å²) in [6.45, 7) is 5.96. The topological polar surface area (TPSA) is 39.7 Å². The molecule has 29 heavy (non-hydrogen) atoms. The maximum absolute atomic E-state index is 5.98. The zero-order valence-corrected chi connectivity index (χ0v) is 20.2. The Kier molecular flexibility index (Phi) is 13.4. The summed E-state index contributed by atoms with van der Waals surface area (Å²) in [5.41, 5.74) is 2.18. The number of hydrogen-bond acceptors (Lipinski definition) is 4. The second-order valence-electron chi connectivity index (χ2n) is 6.52. The van der Waals surface area contributed by atoms with E-state index in [-0.39, 0.29) is 12.4 Å². The molecular weight excluding hydrogens is 477 g/mol. The Labute approximate surface area is 193 Å². The molecule has 4 nitrogen and oxygen atoms in total. The van der Waals surface area contributed by atoms with E-state index in [2.05, 4.69) is 34.2 Å². The van der Waals surface area contributed by atoms with Crippen molar-refractivity contribution >= 4 is 39.9 Å². The normalized spacial score (nSPS) is 10.5. The van der Waals surface area contributed by atoms with Gasteiger partial charge in [0, 0.05) is 24.8 Å². The first-order chi connectivity index (χ1) is 13.6. The summed E-state index contributed by atoms with van der Waals surface area (Å²) in [6.07, 6.45) is 3.31. The molecule has 0 saturated carbocycles. The van der Waals surface area contributed by atoms with Crippen LogP contribution in [0.4, 0.5) is 0 Å². The molecule has 0 aliphatic heterocycles. The fourth-order valence-corrected chi connectivity index (χ4v) is 3.36. The van der Waals surface area contributed by atoms with E-state index in [1.54, 1.807) is 7.11 Å². The van der Waals surface area contributed by atoms with Crippen LogP contribution in [0.2, 0.25) is 5.02 Å². The number of hydrogen-bond donors (Lipinski definition) is 1. The molecule has 0 aromatic heterocycles. The van der Waals surface area contributed by atoms with Crippen LogP contribution < -0.4 is 14.8 Å². The van der Waals surface area contributed by atoms with Crippen LogP contribution in [-0.2, 0) is 17.9 Å². The van der Waals surface area contributed by atoms with Gasteiger partial charge in [-0.3, -0.25) is 0 Å². The van der Waals surface area contributed by atoms with Gasteiger partial charge in [-0.15, -0.1) is 12.4 Å². The minimum Gasteiger partial charge on any atom is -0.493 e. The van der Waals surface area contributed by atoms with Gasteiger partial charge in [0.2, 0.25) is 0 Å². The molecule has 162 valence electrons. The summed E-state index contributed by atoms with van der Waals surface area (Å²) >= 11 is 9.54. The molecule has 0 fully saturated rings. The molecular formula is C22H30BrCl2NO3. The van der Waals surface area contributed by atoms with E-state index in [0.29, 0.717) is 23.1 Å². The molecule has 0 spiro atoms. The number of halogens is 3. The molecule has 2 aromatic carbocycles. The Balaban J connectivity index is 0.00000420. The van der Waals surface area contributed by atoms with Crippen molar-refractivity contribution in [3.63, 3.8) is 0 Å². The van der Waals surface area contributed by atoms with Crippen LogP contribution in [-0.4, -0.2) is 26.9 Å². The monoisotopic (exact) mass is 505 g/mol. The fraction of sp³-hybridized carbons (Fsp3) is 0.455. The first-order valence-corrected chi connectivity index (χ1v) is 10.8. The van der Waals surface area contributed by atoms with Crippen molar-refractivity contribution in [2.45, 2.75) is 39.3 Å². The second kappa shape index (κ2) is 14.9. The first-order valence-electron chi connectivity index (χ1n) is 9.66. The second-order valence-corrected chi connectivity index (χ2v) is 7.81. The van der Waals surface area contributed by atoms with Crippen molar-refractivity contribution in [3.05, 3.63) is 57.0 Å². The number of ether oxygens (including phenoxy) is 3. The third-order valence-electron chi connectivity index (χ3n) is 4.20. The van der Waals surface area contributed by atoms with Crippen molar-refractivity contribution in [3.8, 4) is 11.5 Å². The summed E-state index contributed by atoms with van der Waals surface area (Å²) in [4.78, 5) is 0. The van der Waals surface area contributed by atoms with E-state index in [1.807, 2.05) is 30.3 Å². The van der Waals surface area contributed by atoms with Crippen molar-refractivity contribution in [1.29, 1.82) is 0 Å². The van der Waals surface area contributed by atoms with Crippen molar-refractivity contribution in [2.24, 2.45) is 0 Å². The maximum Gasteiger partial charge on any atom is 0.175 e. The third kappa shape index (κ3) is 9.58. The van der Waals surface area contributed by atoms with Crippen LogP contribution >= 0.6 is 39.9 Å². The Morgan fingerprint density at radius 3 is 2.45 bits per heavy atom. The van der Waals surface area contributed by atoms with Crippen molar-refractivity contribution in [1.82, 2.24) is 5.32 Å². The number of unbranched alkanes of at least 4 members (excludes halogenated alkanes) is 1. The van der Waals surface area contributed by atoms with Gasteiger partial charge in [-0.2, -0.15) is 0 Å². The molecule has 7 heteroatoms. The summed E-state index contributed by atoms with van der Waals surface area (Å²) < 4.78 is 18.0. The lowest BCUT2D eigenvalue weighted by Crippen LogP contribution is -2.16. The van der Waals surface area contributed by atoms with Gasteiger partial charge < -0.3 is 19.5 Å². The van der Waals surface area contributed by atoms with Gasteiger partial charge in [-0.25, -0.2) is 0 Å². The van der Waals surface area contributed by atoms with Crippen LogP contribution in [0.5, 0.6) is 11.5 Å². The molecule has 2 aromatic rings. The van der Waals surface area contributed by atoms with Gasteiger partial charge >= 0.3 is 0 Å². The summed E-state index contributed by atoms with van der Waals surface area (Å²) in [7, 11) is 1.65. The zero-order chi connectivity index (χ0) is 20.2. The molecule has 0 heterocycles. The predicted octanol–water partition coefficient (Wildman–Crippen LogP) is 6.41. The molecule has 1 N–H and O–H groups in total. The highest BCUT2D eigenvalue weighted by atomic mass is 79.9. The van der Waals surface area contributed by atoms with Crippen LogP contribution in [0.3, 0.4) is 0 Å². The van der Waals surface area contributed by atoms with Crippen LogP contribution in [0, 0.1) is 0 Å². The lowest BCUT2D eigenvalue weighted by atomic mass is 10.2. The van der Waals surface area contributed by atoms with Gasteiger partial charge in [0.25, 0.3) is 0 Å². The van der Waals surface area contributed by atoms with E-state index in [1.165, 1.54) is 6.42 Å². The molecule has 2 rings (SSSR count). The average Bonchev–Trinajstić information content (AvgIpc) is 2.70. The highest BCUT2D eigenvalue weighted by Crippen LogP contribution is 2.37. The Bertz CT molecular complexity index is 714. The van der Waals surface area contributed by atoms with Gasteiger partial charge in [-0.1, -0.05) is 37.1 Å². The molecule has 0 amide bonds. The molecule has 0 atom stereocenters. The molecule has 0 unspecified atom stereocenters. The van der Waals surface area contributed by atoms with E-state index < -0.39 is 0 Å². The number of methoxy groups -OCH3 is 1. The van der Waals surface area contributed by atoms with E-state index in [0.717, 1.165) is 54.7 Å². The lowest BCUT2D eigenvalue weighted by Gasteiger charge is -2.15. The zero-order valence-electron chi connectivity index (χ0n) is 17.0. The Morgan fingerprint density at radius 2 is 1.76 bits per heavy atom. The fourth-order valence-electron chi connectivity index (χ4n) is 2.63. The first kappa shape index (κ1) is 26.1. The van der Waals surface area contributed by atoms with Gasteiger partial charge in [0.05, 0.1) is 11.6 Å². The average molecular weight is 507 g/mol. The Hall–Kier alpha value is -0.980. The highest BCUT2D eigenvalue weighted by Gasteiger charge is 2.12. The molecule has 0 aliphatic carbocycles. The van der Waals surface area contributed by atoms with E-state index >= 15 is 0 Å². The molecule has 0 bridgehead atoms. The molecule has 0 radical (unpaired) electrons. The van der Waals surface area contributed by atoms with E-state index in [9.17, 15) is 0 Å². The maximum atomic E-state index is 5.98. The summed E-state index contributed by atoms with van der Waals surface area (Å²) in [5, 5.41) is 4.16. The van der Waals surface area contributed by atoms with Gasteiger partial charge in [0.1, 0.15) is 6.61 Å². The highest BCUT2D eigenvalue weighted by molar-refractivity contribution is 9.10. The van der Waals surface area contributed by atoms with Crippen LogP contribution in [0.15, 0.2) is 40.9 Å². The minimum absolute atomic E-state index is 0. The quantitative estimate of drug-likeness (QED) is 0.318. The number of nitrogens with one attached hydrogen (secondary N) is 1. The summed E-state index contributed by atoms with van der Waals surface area (Å²) in [5.74, 6) is 1.41. The molecule has 0 aliphatic rings. The number of benzene rings is 2. The van der Waals surface area contributed by atoms with E-state index in [4.69, 9.17) is 25.8 Å². The minimum atomic E-state index is 0. The smallest absolute Gasteiger partial charge is 0.175 e. The van der Waals surface area contributed by atoms with Crippen molar-refractivity contribution < 1.29 is 14.2 Å². The van der Waals surface area contributed by atoms with Crippen molar-refractivity contribution in [2.75, 3.05) is 26.9 Å². The Morgan fingerprint density at radius 1 is 1.03 bits per heavy atom. The van der Waals surface area contributed by atoms with Crippen LogP contribution in [0.25, 0.3) is 0 Å². The lowest BCUT2D eigenvalue weighted by molar-refractivity contribution is 0.129. The molecule has 0 saturated heterocycles. The number of rotatable bonds is 13. The summed E-state index contributed by atoms with van der Waals surface area (Å²) in [6, 6.07) is 11.7. The van der Waals surface area contributed by atoms with Gasteiger partial charge in [0.15, 0.2) is 11.5 Å². The van der Waals surface area contributed by atoms with Gasteiger partial charge in [-0.05, 0) is 70.7 Å². The van der Waals surface area contributed by atoms with Crippen LogP contribution in [0.1, 0.15) is 37.3 Å². The largest absolute Gasteiger partial charge is 0.493 e. The predicted molar refractivity (Wildman–Crippen MR) is 126 cm³/mol. The third-order valence-corrected chi connectivity index (χ3v) is 5.04. The SMILES string of the molecule is CCCCOCCCNCc1cc(Br)c(OCc2ccc(Cl)cc2)c(OC)c1.Cl.